The number of carbonyl (C=O) groups excluding carboxylic acids is 2. The topological polar surface area (TPSA) is 88.7 Å². The Balaban J connectivity index is 1.94. The second-order valence-electron chi connectivity index (χ2n) is 5.85. The van der Waals surface area contributed by atoms with Crippen molar-refractivity contribution in [3.05, 3.63) is 29.8 Å². The van der Waals surface area contributed by atoms with Gasteiger partial charge in [0.1, 0.15) is 11.9 Å². The van der Waals surface area contributed by atoms with Crippen molar-refractivity contribution < 1.29 is 32.2 Å². The van der Waals surface area contributed by atoms with Crippen molar-refractivity contribution in [3.63, 3.8) is 0 Å². The molecule has 0 bridgehead atoms. The van der Waals surface area contributed by atoms with Crippen molar-refractivity contribution in [1.82, 2.24) is 16.0 Å². The van der Waals surface area contributed by atoms with Crippen LogP contribution in [0.1, 0.15) is 24.9 Å². The highest BCUT2D eigenvalue weighted by Crippen LogP contribution is 2.24. The van der Waals surface area contributed by atoms with Crippen LogP contribution >= 0.6 is 0 Å². The fourth-order valence-electron chi connectivity index (χ4n) is 2.56. The number of alkyl halides is 3. The van der Waals surface area contributed by atoms with Gasteiger partial charge in [0.15, 0.2) is 0 Å². The van der Waals surface area contributed by atoms with E-state index in [0.717, 1.165) is 0 Å². The van der Waals surface area contributed by atoms with E-state index < -0.39 is 24.6 Å². The zero-order valence-corrected chi connectivity index (χ0v) is 14.2. The molecule has 1 heterocycles. The fraction of sp³-hybridized carbons (Fsp3) is 0.500. The first-order valence-corrected chi connectivity index (χ1v) is 7.88. The van der Waals surface area contributed by atoms with Gasteiger partial charge in [0.2, 0.25) is 11.8 Å². The Bertz CT molecular complexity index is 637. The van der Waals surface area contributed by atoms with Gasteiger partial charge >= 0.3 is 6.36 Å². The molecule has 2 unspecified atom stereocenters. The quantitative estimate of drug-likeness (QED) is 0.696. The summed E-state index contributed by atoms with van der Waals surface area (Å²) >= 11 is 0. The molecule has 2 rings (SSSR count). The number of carbonyl (C=O) groups is 2. The first kappa shape index (κ1) is 20.0. The number of benzene rings is 1. The Hall–Kier alpha value is -2.33. The zero-order valence-electron chi connectivity index (χ0n) is 14.2. The third kappa shape index (κ3) is 5.88. The number of rotatable bonds is 6. The number of amides is 2. The predicted octanol–water partition coefficient (Wildman–Crippen LogP) is 1.21. The van der Waals surface area contributed by atoms with E-state index in [-0.39, 0.29) is 30.6 Å². The molecule has 1 aromatic rings. The lowest BCUT2D eigenvalue weighted by molar-refractivity contribution is -0.274. The first-order valence-electron chi connectivity index (χ1n) is 7.88. The molecule has 1 fully saturated rings. The lowest BCUT2D eigenvalue weighted by atomic mass is 10.1. The monoisotopic (exact) mass is 375 g/mol. The van der Waals surface area contributed by atoms with E-state index in [1.54, 1.807) is 6.92 Å². The van der Waals surface area contributed by atoms with Crippen molar-refractivity contribution in [1.29, 1.82) is 0 Å². The van der Waals surface area contributed by atoms with Crippen LogP contribution < -0.4 is 20.7 Å². The molecule has 3 atom stereocenters. The molecule has 1 aromatic carbocycles. The summed E-state index contributed by atoms with van der Waals surface area (Å²) in [6.07, 6.45) is -5.24. The van der Waals surface area contributed by atoms with Gasteiger partial charge in [-0.05, 0) is 24.6 Å². The second-order valence-corrected chi connectivity index (χ2v) is 5.85. The van der Waals surface area contributed by atoms with Crippen molar-refractivity contribution in [2.24, 2.45) is 0 Å². The summed E-state index contributed by atoms with van der Waals surface area (Å²) in [5.41, 5.74) is 0.599. The summed E-state index contributed by atoms with van der Waals surface area (Å²) in [5, 5.41) is 8.34. The van der Waals surface area contributed by atoms with Crippen LogP contribution in [0.2, 0.25) is 0 Å². The molecule has 0 radical (unpaired) electrons. The maximum atomic E-state index is 12.4. The SMILES string of the molecule is COCC1NC(=O)CC(C(=O)N[C@H](C)c2ccc(OC(F)(F)F)cc2)N1. The van der Waals surface area contributed by atoms with Gasteiger partial charge in [-0.15, -0.1) is 13.2 Å². The summed E-state index contributed by atoms with van der Waals surface area (Å²) in [6.45, 7) is 1.90. The van der Waals surface area contributed by atoms with E-state index in [0.29, 0.717) is 5.56 Å². The zero-order chi connectivity index (χ0) is 19.3. The van der Waals surface area contributed by atoms with Crippen LogP contribution in [0.4, 0.5) is 13.2 Å². The Kier molecular flexibility index (Phi) is 6.43. The highest BCUT2D eigenvalue weighted by Gasteiger charge is 2.32. The summed E-state index contributed by atoms with van der Waals surface area (Å²) < 4.78 is 45.3. The Labute approximate surface area is 148 Å². The van der Waals surface area contributed by atoms with Crippen molar-refractivity contribution in [2.45, 2.75) is 38.0 Å². The van der Waals surface area contributed by atoms with Gasteiger partial charge in [0.05, 0.1) is 25.1 Å². The number of nitrogens with one attached hydrogen (secondary N) is 3. The summed E-state index contributed by atoms with van der Waals surface area (Å²) in [4.78, 5) is 24.0. The van der Waals surface area contributed by atoms with Crippen LogP contribution in [-0.2, 0) is 14.3 Å². The lowest BCUT2D eigenvalue weighted by Gasteiger charge is -2.31. The molecule has 0 saturated carbocycles. The van der Waals surface area contributed by atoms with Crippen LogP contribution in [0.3, 0.4) is 0 Å². The Morgan fingerprint density at radius 3 is 2.58 bits per heavy atom. The van der Waals surface area contributed by atoms with Gasteiger partial charge in [-0.3, -0.25) is 14.9 Å². The third-order valence-electron chi connectivity index (χ3n) is 3.75. The average molecular weight is 375 g/mol. The van der Waals surface area contributed by atoms with Gasteiger partial charge < -0.3 is 20.1 Å². The molecule has 1 aliphatic rings. The Morgan fingerprint density at radius 2 is 2.00 bits per heavy atom. The van der Waals surface area contributed by atoms with Crippen LogP contribution in [-0.4, -0.2) is 44.1 Å². The molecule has 1 saturated heterocycles. The maximum absolute atomic E-state index is 12.4. The maximum Gasteiger partial charge on any atom is 0.573 e. The molecule has 3 N–H and O–H groups in total. The number of ether oxygens (including phenoxy) is 2. The number of hydrogen-bond acceptors (Lipinski definition) is 5. The largest absolute Gasteiger partial charge is 0.573 e. The highest BCUT2D eigenvalue weighted by atomic mass is 19.4. The van der Waals surface area contributed by atoms with Crippen LogP contribution in [0.5, 0.6) is 5.75 Å². The number of methoxy groups -OCH3 is 1. The van der Waals surface area contributed by atoms with E-state index in [1.165, 1.54) is 31.4 Å². The summed E-state index contributed by atoms with van der Waals surface area (Å²) in [5.74, 6) is -0.996. The van der Waals surface area contributed by atoms with E-state index in [2.05, 4.69) is 20.7 Å². The molecular weight excluding hydrogens is 355 g/mol. The van der Waals surface area contributed by atoms with Gasteiger partial charge in [0, 0.05) is 7.11 Å². The highest BCUT2D eigenvalue weighted by molar-refractivity contribution is 5.89. The molecule has 1 aliphatic heterocycles. The molecular formula is C16H20F3N3O4. The van der Waals surface area contributed by atoms with Crippen LogP contribution in [0, 0.1) is 0 Å². The minimum Gasteiger partial charge on any atom is -0.406 e. The van der Waals surface area contributed by atoms with Gasteiger partial charge in [-0.2, -0.15) is 0 Å². The summed E-state index contributed by atoms with van der Waals surface area (Å²) in [7, 11) is 1.48. The third-order valence-corrected chi connectivity index (χ3v) is 3.75. The standard InChI is InChI=1S/C16H20F3N3O4/c1-9(10-3-5-11(6-4-10)26-16(17,18)19)20-15(24)12-7-14(23)22-13(21-12)8-25-2/h3-6,9,12-13,21H,7-8H2,1-2H3,(H,20,24)(H,22,23)/t9-,12?,13?/m1/s1. The molecule has 144 valence electrons. The van der Waals surface area contributed by atoms with Crippen LogP contribution in [0.25, 0.3) is 0 Å². The van der Waals surface area contributed by atoms with Gasteiger partial charge in [-0.1, -0.05) is 12.1 Å². The van der Waals surface area contributed by atoms with Crippen molar-refractivity contribution >= 4 is 11.8 Å². The van der Waals surface area contributed by atoms with Crippen molar-refractivity contribution in [2.75, 3.05) is 13.7 Å². The molecule has 26 heavy (non-hydrogen) atoms. The van der Waals surface area contributed by atoms with Gasteiger partial charge in [-0.25, -0.2) is 0 Å². The molecule has 0 aromatic heterocycles. The van der Waals surface area contributed by atoms with E-state index in [4.69, 9.17) is 4.74 Å². The molecule has 0 spiro atoms. The molecule has 0 aliphatic carbocycles. The smallest absolute Gasteiger partial charge is 0.406 e. The van der Waals surface area contributed by atoms with Gasteiger partial charge in [0.25, 0.3) is 0 Å². The van der Waals surface area contributed by atoms with Crippen molar-refractivity contribution in [3.8, 4) is 5.75 Å². The average Bonchev–Trinajstić information content (AvgIpc) is 2.53. The van der Waals surface area contributed by atoms with E-state index in [1.807, 2.05) is 0 Å². The fourth-order valence-corrected chi connectivity index (χ4v) is 2.56. The minimum absolute atomic E-state index is 0.0167. The number of hydrogen-bond donors (Lipinski definition) is 3. The number of halogens is 3. The minimum atomic E-state index is -4.76. The van der Waals surface area contributed by atoms with E-state index >= 15 is 0 Å². The summed E-state index contributed by atoms with van der Waals surface area (Å²) in [6, 6.07) is 4.02. The molecule has 2 amide bonds. The Morgan fingerprint density at radius 1 is 1.35 bits per heavy atom. The first-order chi connectivity index (χ1) is 12.2. The molecule has 10 heteroatoms. The molecule has 7 nitrogen and oxygen atoms in total. The van der Waals surface area contributed by atoms with Crippen LogP contribution in [0.15, 0.2) is 24.3 Å². The second kappa shape index (κ2) is 8.37. The van der Waals surface area contributed by atoms with E-state index in [9.17, 15) is 22.8 Å². The lowest BCUT2D eigenvalue weighted by Crippen LogP contribution is -2.62. The normalized spacial score (nSPS) is 21.7. The predicted molar refractivity (Wildman–Crippen MR) is 85.0 cm³/mol.